The van der Waals surface area contributed by atoms with Gasteiger partial charge in [-0.15, -0.1) is 0 Å². The number of hydrogen-bond donors (Lipinski definition) is 0. The minimum absolute atomic E-state index is 0.0372. The first-order valence-electron chi connectivity index (χ1n) is 32.2. The third-order valence-corrected chi connectivity index (χ3v) is 30.7. The Bertz CT molecular complexity index is 3170. The molecule has 53 heteroatoms. The van der Waals surface area contributed by atoms with E-state index < -0.39 is 216 Å². The van der Waals surface area contributed by atoms with Crippen molar-refractivity contribution in [3.63, 3.8) is 0 Å². The van der Waals surface area contributed by atoms with Gasteiger partial charge in [0.05, 0.1) is 121 Å². The molecule has 0 saturated heterocycles. The van der Waals surface area contributed by atoms with Crippen LogP contribution in [0, 0.1) is 5.41 Å². The monoisotopic (exact) mass is 1740 g/mol. The highest BCUT2D eigenvalue weighted by atomic mass is 31.2. The Balaban J connectivity index is 0. The van der Waals surface area contributed by atoms with Crippen LogP contribution in [0.3, 0.4) is 0 Å². The summed E-state index contributed by atoms with van der Waals surface area (Å²) in [5.74, 6) is -6.53. The lowest BCUT2D eigenvalue weighted by Crippen LogP contribution is -2.55. The largest absolute Gasteiger partial charge is 0.469 e. The van der Waals surface area contributed by atoms with Crippen molar-refractivity contribution in [1.82, 2.24) is 13.7 Å². The molecule has 1 aromatic heterocycles. The molecule has 0 aliphatic rings. The summed E-state index contributed by atoms with van der Waals surface area (Å²) in [6.45, 7) is -4.15. The van der Waals surface area contributed by atoms with Crippen molar-refractivity contribution in [2.45, 2.75) is 77.9 Å². The van der Waals surface area contributed by atoms with Crippen LogP contribution < -0.4 is 17.1 Å². The third kappa shape index (κ3) is 41.8. The van der Waals surface area contributed by atoms with Gasteiger partial charge in [0, 0.05) is 119 Å². The van der Waals surface area contributed by atoms with Gasteiger partial charge < -0.3 is 106 Å². The molecular formula is C56H105N3O42P8. The lowest BCUT2D eigenvalue weighted by atomic mass is 9.92. The highest BCUT2D eigenvalue weighted by Gasteiger charge is 2.40. The van der Waals surface area contributed by atoms with Gasteiger partial charge in [0.2, 0.25) is 7.37 Å². The standard InChI is InChI=1S/C26H50O19P4.C24H42N3O18P3.C6H13O5P/c1-9-46(31,35-2)14-10-22(27)42-18-26(19-43-23(28)11-15-47(32,36-3)37-4,20-44-24(29)12-16-48(33,38-5)39-6)21-45-25(30)13-17-49(34,40-7)41-8;1-37-46(34,38-2)16-7-19(28)43-13-10-25-22(31)26(11-14-44-20(29)8-17-47(35,39-3)40-4)24(33)27(23(25)32)12-15-45-21(30)9-18-48(36,41-5)42-6;1-9-6(7)4-5-12(8,10-2)11-3/h9-21H2,1-8H3;7-18H2,1-6H3;4-5H2,1-3H3. The van der Waals surface area contributed by atoms with Gasteiger partial charge in [-0.3, -0.25) is 74.9 Å². The number of rotatable bonds is 57. The highest BCUT2D eigenvalue weighted by Crippen LogP contribution is 2.51. The summed E-state index contributed by atoms with van der Waals surface area (Å²) in [5, 5.41) is 0. The Morgan fingerprint density at radius 2 is 0.440 bits per heavy atom. The van der Waals surface area contributed by atoms with Crippen molar-refractivity contribution in [3.05, 3.63) is 31.5 Å². The number of methoxy groups -OCH3 is 1. The molecule has 636 valence electrons. The molecule has 1 atom stereocenters. The normalized spacial score (nSPS) is 12.7. The zero-order chi connectivity index (χ0) is 83.9. The number of esters is 8. The summed E-state index contributed by atoms with van der Waals surface area (Å²) < 4.78 is 212. The topological polar surface area (TPSA) is 551 Å². The summed E-state index contributed by atoms with van der Waals surface area (Å²) in [7, 11) is -8.62. The van der Waals surface area contributed by atoms with Crippen molar-refractivity contribution in [2.75, 3.05) is 215 Å². The maximum Gasteiger partial charge on any atom is 0.336 e. The fraction of sp³-hybridized carbons (Fsp3) is 0.804. The number of carbonyl (C=O) groups excluding carboxylic acids is 8. The molecule has 0 N–H and O–H groups in total. The van der Waals surface area contributed by atoms with E-state index in [0.717, 1.165) is 85.3 Å². The van der Waals surface area contributed by atoms with Crippen molar-refractivity contribution < 1.29 is 181 Å². The van der Waals surface area contributed by atoms with E-state index >= 15 is 0 Å². The molecule has 1 heterocycles. The Morgan fingerprint density at radius 1 is 0.266 bits per heavy atom. The minimum atomic E-state index is -3.59. The zero-order valence-corrected chi connectivity index (χ0v) is 71.3. The zero-order valence-electron chi connectivity index (χ0n) is 64.2. The minimum Gasteiger partial charge on any atom is -0.469 e. The molecule has 0 aliphatic heterocycles. The predicted octanol–water partition coefficient (Wildman–Crippen LogP) is 5.57. The average Bonchev–Trinajstić information content (AvgIpc) is 0.783. The van der Waals surface area contributed by atoms with E-state index in [0.29, 0.717) is 13.7 Å². The van der Waals surface area contributed by atoms with Gasteiger partial charge in [0.1, 0.15) is 51.7 Å². The smallest absolute Gasteiger partial charge is 0.336 e. The van der Waals surface area contributed by atoms with Gasteiger partial charge >= 0.3 is 118 Å². The molecule has 1 aromatic rings. The van der Waals surface area contributed by atoms with Crippen molar-refractivity contribution in [1.29, 1.82) is 0 Å². The highest BCUT2D eigenvalue weighted by molar-refractivity contribution is 7.59. The molecule has 0 fully saturated rings. The van der Waals surface area contributed by atoms with Gasteiger partial charge in [0.25, 0.3) is 0 Å². The van der Waals surface area contributed by atoms with E-state index in [2.05, 4.69) is 13.8 Å². The number of aromatic nitrogens is 3. The van der Waals surface area contributed by atoms with E-state index in [4.69, 9.17) is 92.0 Å². The van der Waals surface area contributed by atoms with E-state index in [1.54, 1.807) is 6.92 Å². The lowest BCUT2D eigenvalue weighted by molar-refractivity contribution is -0.170. The van der Waals surface area contributed by atoms with Crippen LogP contribution in [-0.4, -0.2) is 277 Å². The second-order valence-electron chi connectivity index (χ2n) is 21.6. The van der Waals surface area contributed by atoms with E-state index in [-0.39, 0.29) is 87.6 Å². The molecule has 109 heavy (non-hydrogen) atoms. The van der Waals surface area contributed by atoms with Crippen molar-refractivity contribution >= 4 is 108 Å². The average molecular weight is 1740 g/mol. The molecule has 0 radical (unpaired) electrons. The molecule has 0 aliphatic carbocycles. The maximum atomic E-state index is 13.2. The number of nitrogens with zero attached hydrogens (tertiary/aromatic N) is 3. The van der Waals surface area contributed by atoms with Gasteiger partial charge in [0.15, 0.2) is 0 Å². The molecular weight excluding hydrogens is 1630 g/mol. The molecule has 0 spiro atoms. The van der Waals surface area contributed by atoms with Crippen LogP contribution in [0.15, 0.2) is 14.4 Å². The van der Waals surface area contributed by atoms with Gasteiger partial charge in [-0.2, -0.15) is 0 Å². The summed E-state index contributed by atoms with van der Waals surface area (Å²) in [4.78, 5) is 137. The molecule has 1 rings (SSSR count). The molecule has 1 unspecified atom stereocenters. The Labute approximate surface area is 630 Å². The number of ether oxygens (including phenoxy) is 8. The Hall–Kier alpha value is -4.59. The maximum absolute atomic E-state index is 13.2. The van der Waals surface area contributed by atoms with Gasteiger partial charge in [-0.25, -0.2) is 28.1 Å². The Morgan fingerprint density at radius 3 is 0.606 bits per heavy atom. The van der Waals surface area contributed by atoms with Crippen LogP contribution in [0.4, 0.5) is 0 Å². The van der Waals surface area contributed by atoms with Crippen molar-refractivity contribution in [2.24, 2.45) is 5.41 Å². The SMILES string of the molecule is CCP(=O)(CCC(=O)OCC(COC(=O)CCP(=O)(OC)OC)(COC(=O)CCP(=O)(OC)OC)COC(=O)CCP(=O)(OC)OC)OC.COC(=O)CCP(=O)(OC)OC.COP(=O)(CCC(=O)OCCn1c(=O)n(CCOC(=O)CCP(=O)(OC)OC)c(=O)n(CCOC(=O)CCP(=O)(OC)OC)c1=O)OC. The number of hydrogen-bond acceptors (Lipinski definition) is 42. The predicted molar refractivity (Wildman–Crippen MR) is 383 cm³/mol. The fourth-order valence-corrected chi connectivity index (χ4v) is 15.9. The lowest BCUT2D eigenvalue weighted by Gasteiger charge is -2.32. The van der Waals surface area contributed by atoms with Crippen LogP contribution in [-0.2, 0) is 200 Å². The molecule has 0 aromatic carbocycles. The quantitative estimate of drug-likeness (QED) is 0.0436. The number of carbonyl (C=O) groups is 8. The van der Waals surface area contributed by atoms with Gasteiger partial charge in [-0.05, 0) is 0 Å². The second-order valence-corrected chi connectivity index (χ2v) is 41.5. The molecule has 0 bridgehead atoms. The molecule has 0 amide bonds. The van der Waals surface area contributed by atoms with E-state index in [1.807, 2.05) is 0 Å². The first-order valence-corrected chi connectivity index (χ1v) is 46.3. The summed E-state index contributed by atoms with van der Waals surface area (Å²) in [6, 6.07) is 0. The van der Waals surface area contributed by atoms with Crippen molar-refractivity contribution in [3.8, 4) is 0 Å². The Kier molecular flexibility index (Phi) is 53.0. The summed E-state index contributed by atoms with van der Waals surface area (Å²) >= 11 is 0. The van der Waals surface area contributed by atoms with Crippen LogP contribution in [0.2, 0.25) is 0 Å². The van der Waals surface area contributed by atoms with Crippen LogP contribution >= 0.6 is 60.5 Å². The van der Waals surface area contributed by atoms with Crippen LogP contribution in [0.25, 0.3) is 0 Å². The first-order chi connectivity index (χ1) is 51.0. The second kappa shape index (κ2) is 54.2. The van der Waals surface area contributed by atoms with Crippen LogP contribution in [0.1, 0.15) is 58.3 Å². The molecule has 45 nitrogen and oxygen atoms in total. The van der Waals surface area contributed by atoms with Gasteiger partial charge in [-0.1, -0.05) is 6.92 Å². The molecule has 0 saturated carbocycles. The van der Waals surface area contributed by atoms with E-state index in [9.17, 15) is 89.3 Å². The summed E-state index contributed by atoms with van der Waals surface area (Å²) in [6.07, 6.45) is -4.58. The van der Waals surface area contributed by atoms with E-state index in [1.165, 1.54) is 28.4 Å². The summed E-state index contributed by atoms with van der Waals surface area (Å²) in [5.41, 5.74) is -5.14. The van der Waals surface area contributed by atoms with Crippen LogP contribution in [0.5, 0.6) is 0 Å². The third-order valence-electron chi connectivity index (χ3n) is 15.0. The first kappa shape index (κ1) is 106. The fourth-order valence-electron chi connectivity index (χ4n) is 7.84.